The summed E-state index contributed by atoms with van der Waals surface area (Å²) in [6.07, 6.45) is 1.68. The van der Waals surface area contributed by atoms with Crippen LogP contribution >= 0.6 is 22.9 Å². The summed E-state index contributed by atoms with van der Waals surface area (Å²) in [5.74, 6) is 0.342. The molecule has 33 heavy (non-hydrogen) atoms. The number of carbonyl (C=O) groups is 2. The Kier molecular flexibility index (Phi) is 6.67. The molecule has 1 amide bonds. The number of anilines is 1. The van der Waals surface area contributed by atoms with E-state index in [2.05, 4.69) is 24.3 Å². The summed E-state index contributed by atoms with van der Waals surface area (Å²) in [6.45, 7) is 4.46. The average molecular weight is 484 g/mol. The van der Waals surface area contributed by atoms with Crippen molar-refractivity contribution in [3.8, 4) is 5.75 Å². The van der Waals surface area contributed by atoms with Crippen molar-refractivity contribution in [3.05, 3.63) is 75.9 Å². The minimum atomic E-state index is -0.490. The van der Waals surface area contributed by atoms with Crippen LogP contribution in [-0.4, -0.2) is 28.8 Å². The molecule has 0 spiro atoms. The van der Waals surface area contributed by atoms with Gasteiger partial charge in [0.25, 0.3) is 5.91 Å². The van der Waals surface area contributed by atoms with Crippen molar-refractivity contribution in [3.63, 3.8) is 0 Å². The maximum Gasteiger partial charge on any atom is 0.349 e. The second-order valence-corrected chi connectivity index (χ2v) is 9.07. The van der Waals surface area contributed by atoms with Gasteiger partial charge < -0.3 is 14.8 Å². The van der Waals surface area contributed by atoms with Gasteiger partial charge >= 0.3 is 5.97 Å². The summed E-state index contributed by atoms with van der Waals surface area (Å²) in [6, 6.07) is 14.8. The molecule has 0 saturated carbocycles. The third-order valence-electron chi connectivity index (χ3n) is 5.04. The first-order chi connectivity index (χ1) is 15.9. The molecule has 4 aromatic rings. The number of aromatic nitrogens is 2. The highest BCUT2D eigenvalue weighted by atomic mass is 35.5. The monoisotopic (exact) mass is 483 g/mol. The van der Waals surface area contributed by atoms with E-state index in [9.17, 15) is 9.59 Å². The number of fused-ring (bicyclic) bond motifs is 1. The van der Waals surface area contributed by atoms with E-state index >= 15 is 0 Å². The van der Waals surface area contributed by atoms with Crippen molar-refractivity contribution in [2.24, 2.45) is 0 Å². The van der Waals surface area contributed by atoms with Crippen molar-refractivity contribution >= 4 is 50.6 Å². The fourth-order valence-corrected chi connectivity index (χ4v) is 4.67. The Morgan fingerprint density at radius 2 is 1.91 bits per heavy atom. The van der Waals surface area contributed by atoms with Crippen LogP contribution in [0.5, 0.6) is 5.75 Å². The lowest BCUT2D eigenvalue weighted by molar-refractivity contribution is 0.0606. The third-order valence-corrected chi connectivity index (χ3v) is 6.68. The van der Waals surface area contributed by atoms with E-state index in [1.165, 1.54) is 24.0 Å². The lowest BCUT2D eigenvalue weighted by Crippen LogP contribution is -2.14. The van der Waals surface area contributed by atoms with Crippen LogP contribution in [0.3, 0.4) is 0 Å². The Hall–Kier alpha value is -3.36. The zero-order valence-corrected chi connectivity index (χ0v) is 19.9. The van der Waals surface area contributed by atoms with Gasteiger partial charge in [0.1, 0.15) is 10.6 Å². The zero-order chi connectivity index (χ0) is 23.5. The highest BCUT2D eigenvalue weighted by molar-refractivity contribution is 7.21. The topological polar surface area (TPSA) is 82.5 Å². The first-order valence-corrected chi connectivity index (χ1v) is 11.4. The van der Waals surface area contributed by atoms with Crippen molar-refractivity contribution in [2.45, 2.75) is 26.5 Å². The minimum Gasteiger partial charge on any atom is -0.471 e. The van der Waals surface area contributed by atoms with E-state index in [-0.39, 0.29) is 18.3 Å². The Morgan fingerprint density at radius 3 is 2.61 bits per heavy atom. The van der Waals surface area contributed by atoms with Gasteiger partial charge in [-0.1, -0.05) is 37.6 Å². The van der Waals surface area contributed by atoms with Crippen LogP contribution in [0.2, 0.25) is 5.02 Å². The molecular formula is C24H22ClN3O4S. The lowest BCUT2D eigenvalue weighted by Gasteiger charge is -2.09. The van der Waals surface area contributed by atoms with Crippen molar-refractivity contribution in [2.75, 3.05) is 12.4 Å². The number of ether oxygens (including phenoxy) is 2. The van der Waals surface area contributed by atoms with Gasteiger partial charge in [0.2, 0.25) is 0 Å². The SMILES string of the molecule is COC(=O)c1sc2cc(NC(=O)c3ccn(COc4ccc(C(C)C)cc4)n3)ccc2c1Cl. The highest BCUT2D eigenvalue weighted by Gasteiger charge is 2.18. The molecule has 2 heterocycles. The van der Waals surface area contributed by atoms with Crippen molar-refractivity contribution < 1.29 is 19.1 Å². The maximum absolute atomic E-state index is 12.6. The summed E-state index contributed by atoms with van der Waals surface area (Å²) < 4.78 is 12.8. The third kappa shape index (κ3) is 5.02. The smallest absolute Gasteiger partial charge is 0.349 e. The van der Waals surface area contributed by atoms with E-state index in [0.717, 1.165) is 15.8 Å². The number of benzene rings is 2. The van der Waals surface area contributed by atoms with E-state index < -0.39 is 5.97 Å². The predicted octanol–water partition coefficient (Wildman–Crippen LogP) is 5.95. The summed E-state index contributed by atoms with van der Waals surface area (Å²) in [4.78, 5) is 24.8. The summed E-state index contributed by atoms with van der Waals surface area (Å²) in [5.41, 5.74) is 2.07. The summed E-state index contributed by atoms with van der Waals surface area (Å²) in [7, 11) is 1.31. The molecule has 170 valence electrons. The first kappa shape index (κ1) is 22.8. The molecule has 0 unspecified atom stereocenters. The number of hydrogen-bond acceptors (Lipinski definition) is 6. The molecule has 0 fully saturated rings. The molecule has 2 aromatic carbocycles. The Balaban J connectivity index is 1.41. The Labute approximate surface area is 199 Å². The predicted molar refractivity (Wildman–Crippen MR) is 130 cm³/mol. The van der Waals surface area contributed by atoms with Crippen molar-refractivity contribution in [1.29, 1.82) is 0 Å². The molecule has 0 aliphatic heterocycles. The van der Waals surface area contributed by atoms with E-state index in [1.807, 2.05) is 24.3 Å². The van der Waals surface area contributed by atoms with Gasteiger partial charge in [0.05, 0.1) is 12.1 Å². The number of nitrogens with one attached hydrogen (secondary N) is 1. The highest BCUT2D eigenvalue weighted by Crippen LogP contribution is 2.37. The van der Waals surface area contributed by atoms with Gasteiger partial charge in [-0.3, -0.25) is 4.79 Å². The van der Waals surface area contributed by atoms with Gasteiger partial charge in [-0.15, -0.1) is 11.3 Å². The molecule has 7 nitrogen and oxygen atoms in total. The number of hydrogen-bond donors (Lipinski definition) is 1. The van der Waals surface area contributed by atoms with Gasteiger partial charge in [-0.25, -0.2) is 9.48 Å². The van der Waals surface area contributed by atoms with Gasteiger partial charge in [0.15, 0.2) is 12.4 Å². The standard InChI is InChI=1S/C24H22ClN3O4S/c1-14(2)15-4-7-17(8-5-15)32-13-28-11-10-19(27-28)23(29)26-16-6-9-18-20(12-16)33-22(21(18)25)24(30)31-3/h4-12,14H,13H2,1-3H3,(H,26,29). The number of carbonyl (C=O) groups excluding carboxylic acids is 2. The normalized spacial score (nSPS) is 11.1. The van der Waals surface area contributed by atoms with Gasteiger partial charge in [-0.05, 0) is 47.9 Å². The number of esters is 1. The molecule has 0 aliphatic carbocycles. The Bertz CT molecular complexity index is 1310. The number of methoxy groups -OCH3 is 1. The maximum atomic E-state index is 12.6. The van der Waals surface area contributed by atoms with E-state index in [4.69, 9.17) is 21.1 Å². The van der Waals surface area contributed by atoms with Crippen LogP contribution in [0.25, 0.3) is 10.1 Å². The molecule has 0 saturated heterocycles. The molecular weight excluding hydrogens is 462 g/mol. The molecule has 0 bridgehead atoms. The molecule has 2 aromatic heterocycles. The Morgan fingerprint density at radius 1 is 1.15 bits per heavy atom. The summed E-state index contributed by atoms with van der Waals surface area (Å²) >= 11 is 7.49. The second-order valence-electron chi connectivity index (χ2n) is 7.64. The van der Waals surface area contributed by atoms with Crippen LogP contribution in [0.1, 0.15) is 45.5 Å². The molecule has 4 rings (SSSR count). The second kappa shape index (κ2) is 9.64. The van der Waals surface area contributed by atoms with Crippen LogP contribution in [-0.2, 0) is 11.5 Å². The number of nitrogens with zero attached hydrogens (tertiary/aromatic N) is 2. The molecule has 1 N–H and O–H groups in total. The van der Waals surface area contributed by atoms with Crippen LogP contribution < -0.4 is 10.1 Å². The largest absolute Gasteiger partial charge is 0.471 e. The molecule has 9 heteroatoms. The number of halogens is 1. The van der Waals surface area contributed by atoms with Crippen LogP contribution in [0.15, 0.2) is 54.7 Å². The van der Waals surface area contributed by atoms with Crippen LogP contribution in [0, 0.1) is 0 Å². The van der Waals surface area contributed by atoms with Crippen LogP contribution in [0.4, 0.5) is 5.69 Å². The van der Waals surface area contributed by atoms with E-state index in [0.29, 0.717) is 21.5 Å². The average Bonchev–Trinajstić information content (AvgIpc) is 3.42. The minimum absolute atomic E-state index is 0.185. The summed E-state index contributed by atoms with van der Waals surface area (Å²) in [5, 5.41) is 8.17. The molecule has 0 aliphatic rings. The molecule has 0 atom stereocenters. The van der Waals surface area contributed by atoms with Gasteiger partial charge in [-0.2, -0.15) is 5.10 Å². The fraction of sp³-hybridized carbons (Fsp3) is 0.208. The zero-order valence-electron chi connectivity index (χ0n) is 18.3. The molecule has 0 radical (unpaired) electrons. The number of rotatable bonds is 7. The first-order valence-electron chi connectivity index (χ1n) is 10.2. The van der Waals surface area contributed by atoms with E-state index in [1.54, 1.807) is 35.1 Å². The van der Waals surface area contributed by atoms with Gasteiger partial charge in [0, 0.05) is 22.0 Å². The quantitative estimate of drug-likeness (QED) is 0.328. The number of amides is 1. The van der Waals surface area contributed by atoms with Crippen molar-refractivity contribution in [1.82, 2.24) is 9.78 Å². The lowest BCUT2D eigenvalue weighted by atomic mass is 10.0. The number of thiophene rings is 1. The fourth-order valence-electron chi connectivity index (χ4n) is 3.21.